The molecule has 2 aromatic carbocycles. The summed E-state index contributed by atoms with van der Waals surface area (Å²) in [5, 5.41) is 14.4. The van der Waals surface area contributed by atoms with Gasteiger partial charge in [-0.05, 0) is 41.7 Å². The predicted octanol–water partition coefficient (Wildman–Crippen LogP) is 3.05. The van der Waals surface area contributed by atoms with Crippen LogP contribution >= 0.6 is 11.8 Å². The second-order valence-corrected chi connectivity index (χ2v) is 10.7. The molecule has 2 aromatic rings. The molecular weight excluding hydrogens is 585 g/mol. The van der Waals surface area contributed by atoms with Gasteiger partial charge in [0.2, 0.25) is 12.3 Å². The minimum absolute atomic E-state index is 0.0000356. The van der Waals surface area contributed by atoms with Gasteiger partial charge in [-0.25, -0.2) is 18.0 Å². The monoisotopic (exact) mass is 624 g/mol. The summed E-state index contributed by atoms with van der Waals surface area (Å²) < 4.78 is 44.3. The van der Waals surface area contributed by atoms with E-state index in [9.17, 15) is 27.6 Å². The molecule has 1 fully saturated rings. The molecule has 0 aromatic heterocycles. The van der Waals surface area contributed by atoms with Crippen LogP contribution in [0.5, 0.6) is 0 Å². The second-order valence-electron chi connectivity index (χ2n) is 9.67. The number of anilines is 1. The minimum atomic E-state index is -1.23. The van der Waals surface area contributed by atoms with Crippen molar-refractivity contribution in [2.24, 2.45) is 11.7 Å². The van der Waals surface area contributed by atoms with Crippen LogP contribution in [-0.2, 0) is 32.1 Å². The van der Waals surface area contributed by atoms with Crippen molar-refractivity contribution >= 4 is 35.7 Å². The fraction of sp³-hybridized carbons (Fsp3) is 0.433. The Bertz CT molecular complexity index is 1180. The van der Waals surface area contributed by atoms with Gasteiger partial charge in [0.25, 0.3) is 0 Å². The minimum Gasteiger partial charge on any atom is -0.462 e. The van der Waals surface area contributed by atoms with Crippen LogP contribution in [0.4, 0.5) is 18.9 Å². The zero-order valence-corrected chi connectivity index (χ0v) is 25.0. The van der Waals surface area contributed by atoms with Crippen LogP contribution in [0.25, 0.3) is 0 Å². The average Bonchev–Trinajstić information content (AvgIpc) is 3.54. The van der Waals surface area contributed by atoms with E-state index in [1.54, 1.807) is 16.7 Å². The molecule has 0 aliphatic carbocycles. The Morgan fingerprint density at radius 2 is 1.79 bits per heavy atom. The van der Waals surface area contributed by atoms with E-state index in [0.717, 1.165) is 23.1 Å². The number of aliphatic hydroxyl groups is 1. The normalized spacial score (nSPS) is 13.5. The molecule has 0 bridgehead atoms. The molecule has 0 saturated carbocycles. The summed E-state index contributed by atoms with van der Waals surface area (Å²) in [6.45, 7) is 4.81. The van der Waals surface area contributed by atoms with E-state index >= 15 is 0 Å². The van der Waals surface area contributed by atoms with E-state index in [2.05, 4.69) is 23.5 Å². The van der Waals surface area contributed by atoms with E-state index in [4.69, 9.17) is 15.6 Å². The molecule has 1 unspecified atom stereocenters. The van der Waals surface area contributed by atoms with Gasteiger partial charge in [0, 0.05) is 43.1 Å². The highest BCUT2D eigenvalue weighted by Gasteiger charge is 2.24. The van der Waals surface area contributed by atoms with Crippen molar-refractivity contribution in [1.82, 2.24) is 10.2 Å². The van der Waals surface area contributed by atoms with Gasteiger partial charge < -0.3 is 31.1 Å². The summed E-state index contributed by atoms with van der Waals surface area (Å²) >= 11 is 1.66. The van der Waals surface area contributed by atoms with E-state index in [0.29, 0.717) is 31.4 Å². The molecule has 5 N–H and O–H groups in total. The molecule has 13 heteroatoms. The van der Waals surface area contributed by atoms with Crippen molar-refractivity contribution in [3.63, 3.8) is 0 Å². The van der Waals surface area contributed by atoms with E-state index < -0.39 is 29.5 Å². The van der Waals surface area contributed by atoms with Crippen LogP contribution in [0.1, 0.15) is 31.4 Å². The van der Waals surface area contributed by atoms with Crippen LogP contribution in [0.15, 0.2) is 36.4 Å². The number of amides is 2. The van der Waals surface area contributed by atoms with Crippen LogP contribution in [0.2, 0.25) is 0 Å². The smallest absolute Gasteiger partial charge is 0.328 e. The maximum Gasteiger partial charge on any atom is 0.328 e. The molecule has 236 valence electrons. The first-order valence-electron chi connectivity index (χ1n) is 13.4. The van der Waals surface area contributed by atoms with E-state index in [-0.39, 0.29) is 49.4 Å². The zero-order valence-electron chi connectivity index (χ0n) is 24.2. The summed E-state index contributed by atoms with van der Waals surface area (Å²) in [5.74, 6) is -2.07. The van der Waals surface area contributed by atoms with Crippen molar-refractivity contribution < 1.29 is 37.4 Å². The summed E-state index contributed by atoms with van der Waals surface area (Å²) in [7, 11) is 0. The first kappa shape index (κ1) is 37.3. The van der Waals surface area contributed by atoms with Crippen LogP contribution in [0.3, 0.4) is 0 Å². The molecule has 1 aliphatic rings. The number of rotatable bonds is 13. The van der Waals surface area contributed by atoms with Gasteiger partial charge in [0.1, 0.15) is 18.5 Å². The molecule has 0 spiro atoms. The number of hydrogen-bond acceptors (Lipinski definition) is 8. The largest absolute Gasteiger partial charge is 0.462 e. The summed E-state index contributed by atoms with van der Waals surface area (Å²) in [6, 6.07) is 7.62. The van der Waals surface area contributed by atoms with Crippen molar-refractivity contribution in [3.8, 4) is 12.8 Å². The topological polar surface area (TPSA) is 134 Å². The number of halogens is 3. The lowest BCUT2D eigenvalue weighted by atomic mass is 10.0. The van der Waals surface area contributed by atoms with E-state index in [1.807, 2.05) is 38.1 Å². The molecule has 43 heavy (non-hydrogen) atoms. The third kappa shape index (κ3) is 13.4. The van der Waals surface area contributed by atoms with Crippen LogP contribution < -0.4 is 16.4 Å². The Labute approximate surface area is 254 Å². The predicted molar refractivity (Wildman–Crippen MR) is 161 cm³/mol. The van der Waals surface area contributed by atoms with Gasteiger partial charge in [-0.2, -0.15) is 0 Å². The highest BCUT2D eigenvalue weighted by Crippen LogP contribution is 2.18. The molecule has 9 nitrogen and oxygen atoms in total. The third-order valence-corrected chi connectivity index (χ3v) is 7.00. The summed E-state index contributed by atoms with van der Waals surface area (Å²) in [5.41, 5.74) is 7.55. The fourth-order valence-electron chi connectivity index (χ4n) is 3.83. The molecule has 1 aliphatic heterocycles. The first-order valence-corrected chi connectivity index (χ1v) is 14.6. The van der Waals surface area contributed by atoms with E-state index in [1.165, 1.54) is 0 Å². The van der Waals surface area contributed by atoms with Gasteiger partial charge in [0.05, 0.1) is 12.5 Å². The molecule has 2 amide bonds. The Kier molecular flexibility index (Phi) is 17.5. The quantitative estimate of drug-likeness (QED) is 0.116. The third-order valence-electron chi connectivity index (χ3n) is 6.04. The number of nitrogens with two attached hydrogens (primary N) is 1. The van der Waals surface area contributed by atoms with Crippen molar-refractivity contribution in [1.29, 1.82) is 0 Å². The SMILES string of the molecule is C#C.CC(C)C(Nc1ccc(CNC=O)cc1)C(=O)OCCO.N[C@@H](CC(=O)N1CCSC1)Cc1cc(F)c(F)cc1F. The maximum atomic E-state index is 13.5. The van der Waals surface area contributed by atoms with Gasteiger partial charge >= 0.3 is 5.97 Å². The summed E-state index contributed by atoms with van der Waals surface area (Å²) in [6.07, 6.45) is 8.72. The first-order chi connectivity index (χ1) is 20.5. The number of aliphatic hydroxyl groups excluding tert-OH is 1. The van der Waals surface area contributed by atoms with Gasteiger partial charge in [-0.1, -0.05) is 26.0 Å². The van der Waals surface area contributed by atoms with Crippen molar-refractivity contribution in [2.45, 2.75) is 45.3 Å². The van der Waals surface area contributed by atoms with Gasteiger partial charge in [-0.3, -0.25) is 9.59 Å². The lowest BCUT2D eigenvalue weighted by Crippen LogP contribution is -2.36. The second kappa shape index (κ2) is 20.2. The molecule has 3 rings (SSSR count). The number of esters is 1. The number of ether oxygens (including phenoxy) is 1. The highest BCUT2D eigenvalue weighted by molar-refractivity contribution is 7.99. The zero-order chi connectivity index (χ0) is 32.4. The van der Waals surface area contributed by atoms with Gasteiger partial charge in [-0.15, -0.1) is 24.6 Å². The average molecular weight is 625 g/mol. The molecule has 0 radical (unpaired) electrons. The number of nitrogens with zero attached hydrogens (tertiary/aromatic N) is 1. The highest BCUT2D eigenvalue weighted by atomic mass is 32.2. The summed E-state index contributed by atoms with van der Waals surface area (Å²) in [4.78, 5) is 35.7. The lowest BCUT2D eigenvalue weighted by molar-refractivity contribution is -0.146. The number of benzene rings is 2. The molecule has 2 atom stereocenters. The number of carbonyl (C=O) groups is 3. The van der Waals surface area contributed by atoms with Crippen molar-refractivity contribution in [3.05, 3.63) is 65.0 Å². The Balaban J connectivity index is 0.000000407. The standard InChI is InChI=1S/C15H22N2O4.C13H15F3N2OS.C2H2/c1-11(2)14(15(20)21-8-7-18)17-13-5-3-12(4-6-13)9-16-10-19;14-10-6-12(16)11(15)4-8(10)3-9(17)5-13(19)18-1-2-20-7-18;1-2/h3-6,10-11,14,17-18H,7-9H2,1-2H3,(H,16,19);4,6,9H,1-3,5,7,17H2;1-2H/t;9-;/m.1./s1. The van der Waals surface area contributed by atoms with Crippen molar-refractivity contribution in [2.75, 3.05) is 36.7 Å². The Hall–Kier alpha value is -3.73. The number of hydrogen-bond donors (Lipinski definition) is 4. The van der Waals surface area contributed by atoms with Gasteiger partial charge in [0.15, 0.2) is 11.6 Å². The Morgan fingerprint density at radius 3 is 2.35 bits per heavy atom. The molecular formula is C30H39F3N4O5S. The fourth-order valence-corrected chi connectivity index (χ4v) is 4.80. The Morgan fingerprint density at radius 1 is 1.14 bits per heavy atom. The molecule has 1 heterocycles. The maximum absolute atomic E-state index is 13.5. The number of nitrogens with one attached hydrogen (secondary N) is 2. The number of carbonyl (C=O) groups excluding carboxylic acids is 3. The van der Waals surface area contributed by atoms with Crippen LogP contribution in [0, 0.1) is 36.2 Å². The lowest BCUT2D eigenvalue weighted by Gasteiger charge is -2.22. The number of thioether (sulfide) groups is 1. The van der Waals surface area contributed by atoms with Crippen LogP contribution in [-0.4, -0.2) is 71.8 Å². The number of terminal acetylenes is 1. The molecule has 1 saturated heterocycles.